The van der Waals surface area contributed by atoms with Gasteiger partial charge < -0.3 is 9.47 Å². The molecule has 0 atom stereocenters. The number of hydrogen-bond acceptors (Lipinski definition) is 6. The zero-order chi connectivity index (χ0) is 18.9. The van der Waals surface area contributed by atoms with E-state index in [4.69, 9.17) is 9.47 Å². The quantitative estimate of drug-likeness (QED) is 0.593. The number of benzene rings is 1. The maximum absolute atomic E-state index is 12.7. The molecule has 2 aliphatic rings. The van der Waals surface area contributed by atoms with Gasteiger partial charge in [0.2, 0.25) is 5.95 Å². The number of nitrogens with zero attached hydrogens (tertiary/aromatic N) is 5. The normalized spacial score (nSPS) is 15.5. The highest BCUT2D eigenvalue weighted by molar-refractivity contribution is 6.04. The predicted molar refractivity (Wildman–Crippen MR) is 94.8 cm³/mol. The second-order valence-corrected chi connectivity index (χ2v) is 6.43. The van der Waals surface area contributed by atoms with Crippen molar-refractivity contribution in [3.63, 3.8) is 0 Å². The Bertz CT molecular complexity index is 1250. The summed E-state index contributed by atoms with van der Waals surface area (Å²) < 4.78 is 14.9. The molecule has 3 aromatic rings. The summed E-state index contributed by atoms with van der Waals surface area (Å²) in [5.41, 5.74) is 0.0708. The fourth-order valence-corrected chi connectivity index (χ4v) is 3.50. The van der Waals surface area contributed by atoms with E-state index < -0.39 is 11.2 Å². The highest BCUT2D eigenvalue weighted by atomic mass is 16.6. The van der Waals surface area contributed by atoms with E-state index in [-0.39, 0.29) is 23.6 Å². The van der Waals surface area contributed by atoms with Gasteiger partial charge >= 0.3 is 5.69 Å². The number of aromatic nitrogens is 4. The lowest BCUT2D eigenvalue weighted by atomic mass is 10.2. The molecule has 0 unspecified atom stereocenters. The van der Waals surface area contributed by atoms with Crippen LogP contribution >= 0.6 is 0 Å². The van der Waals surface area contributed by atoms with Gasteiger partial charge in [-0.05, 0) is 12.1 Å². The van der Waals surface area contributed by atoms with Gasteiger partial charge in [0.05, 0.1) is 5.69 Å². The number of carbonyl (C=O) groups is 1. The molecule has 2 aromatic heterocycles. The Hall–Kier alpha value is -3.56. The monoisotopic (exact) mass is 369 g/mol. The number of anilines is 2. The van der Waals surface area contributed by atoms with Gasteiger partial charge in [-0.1, -0.05) is 0 Å². The Labute approximate surface area is 151 Å². The van der Waals surface area contributed by atoms with Crippen LogP contribution in [0.1, 0.15) is 0 Å². The minimum absolute atomic E-state index is 0.0340. The highest BCUT2D eigenvalue weighted by Gasteiger charge is 2.35. The second kappa shape index (κ2) is 5.22. The third-order valence-corrected chi connectivity index (χ3v) is 4.85. The number of aryl methyl sites for hydroxylation is 1. The lowest BCUT2D eigenvalue weighted by Gasteiger charge is -2.21. The minimum Gasteiger partial charge on any atom is -0.486 e. The van der Waals surface area contributed by atoms with Crippen LogP contribution in [0.15, 0.2) is 27.8 Å². The standard InChI is InChI=1S/C17H15N5O5/c1-19-14-13(15(24)20(2)17(19)25)21-8-12(23)22(16(21)18-14)9-3-4-10-11(7-9)27-6-5-26-10/h3-4,7H,5-6,8H2,1-2H3. The van der Waals surface area contributed by atoms with E-state index in [1.807, 2.05) is 0 Å². The van der Waals surface area contributed by atoms with Crippen LogP contribution in [0.25, 0.3) is 11.2 Å². The highest BCUT2D eigenvalue weighted by Crippen LogP contribution is 2.38. The summed E-state index contributed by atoms with van der Waals surface area (Å²) in [5, 5.41) is 0. The Morgan fingerprint density at radius 1 is 1.00 bits per heavy atom. The first kappa shape index (κ1) is 15.7. The molecule has 0 spiro atoms. The maximum Gasteiger partial charge on any atom is 0.332 e. The predicted octanol–water partition coefficient (Wildman–Crippen LogP) is -0.117. The van der Waals surface area contributed by atoms with Crippen LogP contribution in [0.5, 0.6) is 11.5 Å². The first-order valence-corrected chi connectivity index (χ1v) is 8.36. The van der Waals surface area contributed by atoms with E-state index in [0.29, 0.717) is 36.3 Å². The minimum atomic E-state index is -0.483. The molecule has 1 aromatic carbocycles. The zero-order valence-electron chi connectivity index (χ0n) is 14.6. The van der Waals surface area contributed by atoms with Crippen molar-refractivity contribution in [2.24, 2.45) is 14.1 Å². The fourth-order valence-electron chi connectivity index (χ4n) is 3.50. The fraction of sp³-hybridized carbons (Fsp3) is 0.294. The molecule has 0 saturated heterocycles. The van der Waals surface area contributed by atoms with Crippen LogP contribution in [0, 0.1) is 0 Å². The van der Waals surface area contributed by atoms with Crippen molar-refractivity contribution < 1.29 is 14.3 Å². The van der Waals surface area contributed by atoms with Crippen molar-refractivity contribution in [3.8, 4) is 11.5 Å². The Balaban J connectivity index is 1.74. The molecular formula is C17H15N5O5. The molecule has 0 aliphatic carbocycles. The Morgan fingerprint density at radius 2 is 1.74 bits per heavy atom. The molecule has 2 aliphatic heterocycles. The van der Waals surface area contributed by atoms with Crippen LogP contribution in [0.2, 0.25) is 0 Å². The molecule has 4 heterocycles. The van der Waals surface area contributed by atoms with Gasteiger partial charge in [-0.3, -0.25) is 23.3 Å². The number of carbonyl (C=O) groups excluding carboxylic acids is 1. The Morgan fingerprint density at radius 3 is 2.52 bits per heavy atom. The number of fused-ring (bicyclic) bond motifs is 4. The second-order valence-electron chi connectivity index (χ2n) is 6.43. The van der Waals surface area contributed by atoms with Crippen molar-refractivity contribution in [3.05, 3.63) is 39.0 Å². The molecule has 0 radical (unpaired) electrons. The molecule has 0 saturated carbocycles. The van der Waals surface area contributed by atoms with Crippen LogP contribution in [0.4, 0.5) is 11.6 Å². The SMILES string of the molecule is Cn1c(=O)c2c(nc3n2CC(=O)N3c2ccc3c(c2)OCCO3)n(C)c1=O. The van der Waals surface area contributed by atoms with E-state index in [1.54, 1.807) is 25.2 Å². The van der Waals surface area contributed by atoms with E-state index in [1.165, 1.54) is 21.1 Å². The molecule has 0 bridgehead atoms. The van der Waals surface area contributed by atoms with Crippen LogP contribution in [0.3, 0.4) is 0 Å². The summed E-state index contributed by atoms with van der Waals surface area (Å²) in [6, 6.07) is 5.17. The summed E-state index contributed by atoms with van der Waals surface area (Å²) in [6.45, 7) is 0.872. The molecule has 5 rings (SSSR count). The van der Waals surface area contributed by atoms with Crippen molar-refractivity contribution in [1.82, 2.24) is 18.7 Å². The summed E-state index contributed by atoms with van der Waals surface area (Å²) >= 11 is 0. The number of hydrogen-bond donors (Lipinski definition) is 0. The molecule has 1 amide bonds. The molecular weight excluding hydrogens is 354 g/mol. The van der Waals surface area contributed by atoms with Gasteiger partial charge in [0.25, 0.3) is 11.5 Å². The summed E-state index contributed by atoms with van der Waals surface area (Å²) in [4.78, 5) is 43.3. The molecule has 10 heteroatoms. The number of imidazole rings is 1. The van der Waals surface area contributed by atoms with E-state index >= 15 is 0 Å². The van der Waals surface area contributed by atoms with Gasteiger partial charge in [-0.15, -0.1) is 0 Å². The number of rotatable bonds is 1. The van der Waals surface area contributed by atoms with E-state index in [2.05, 4.69) is 4.98 Å². The number of ether oxygens (including phenoxy) is 2. The lowest BCUT2D eigenvalue weighted by molar-refractivity contribution is -0.117. The third-order valence-electron chi connectivity index (χ3n) is 4.85. The van der Waals surface area contributed by atoms with Gasteiger partial charge in [-0.25, -0.2) is 9.69 Å². The topological polar surface area (TPSA) is 101 Å². The molecule has 10 nitrogen and oxygen atoms in total. The van der Waals surface area contributed by atoms with E-state index in [9.17, 15) is 14.4 Å². The van der Waals surface area contributed by atoms with Crippen molar-refractivity contribution in [2.75, 3.05) is 18.1 Å². The van der Waals surface area contributed by atoms with E-state index in [0.717, 1.165) is 4.57 Å². The molecule has 138 valence electrons. The van der Waals surface area contributed by atoms with Crippen molar-refractivity contribution in [2.45, 2.75) is 6.54 Å². The van der Waals surface area contributed by atoms with Gasteiger partial charge in [-0.2, -0.15) is 4.98 Å². The first-order valence-electron chi connectivity index (χ1n) is 8.36. The first-order chi connectivity index (χ1) is 13.0. The Kier molecular flexibility index (Phi) is 3.03. The van der Waals surface area contributed by atoms with Gasteiger partial charge in [0.15, 0.2) is 22.7 Å². The summed E-state index contributed by atoms with van der Waals surface area (Å²) in [7, 11) is 2.95. The maximum atomic E-state index is 12.7. The summed E-state index contributed by atoms with van der Waals surface area (Å²) in [5.74, 6) is 1.22. The molecule has 0 N–H and O–H groups in total. The third kappa shape index (κ3) is 2.00. The van der Waals surface area contributed by atoms with Gasteiger partial charge in [0, 0.05) is 20.2 Å². The average molecular weight is 369 g/mol. The van der Waals surface area contributed by atoms with Crippen LogP contribution in [-0.4, -0.2) is 37.8 Å². The lowest BCUT2D eigenvalue weighted by Crippen LogP contribution is -2.37. The van der Waals surface area contributed by atoms with Crippen LogP contribution in [-0.2, 0) is 25.4 Å². The van der Waals surface area contributed by atoms with Gasteiger partial charge in [0.1, 0.15) is 19.8 Å². The smallest absolute Gasteiger partial charge is 0.332 e. The number of amides is 1. The molecule has 27 heavy (non-hydrogen) atoms. The van der Waals surface area contributed by atoms with Crippen LogP contribution < -0.4 is 25.6 Å². The van der Waals surface area contributed by atoms with Crippen molar-refractivity contribution >= 4 is 28.7 Å². The average Bonchev–Trinajstić information content (AvgIpc) is 3.18. The molecule has 0 fully saturated rings. The summed E-state index contributed by atoms with van der Waals surface area (Å²) in [6.07, 6.45) is 0. The largest absolute Gasteiger partial charge is 0.486 e. The van der Waals surface area contributed by atoms with Crippen molar-refractivity contribution in [1.29, 1.82) is 0 Å². The zero-order valence-corrected chi connectivity index (χ0v) is 14.6.